The Morgan fingerprint density at radius 2 is 1.08 bits per heavy atom. The lowest BCUT2D eigenvalue weighted by atomic mass is 11.8. The molecule has 0 saturated heterocycles. The fourth-order valence-corrected chi connectivity index (χ4v) is 0. The second-order valence-electron chi connectivity index (χ2n) is 1.30. The van der Waals surface area contributed by atoms with Crippen molar-refractivity contribution in [1.82, 2.24) is 0 Å². The van der Waals surface area contributed by atoms with Gasteiger partial charge in [-0.1, -0.05) is 7.43 Å². The molecule has 0 amide bonds. The van der Waals surface area contributed by atoms with Crippen molar-refractivity contribution in [3.63, 3.8) is 0 Å². The Labute approximate surface area is 76.0 Å². The van der Waals surface area contributed by atoms with Gasteiger partial charge in [0.1, 0.15) is 0 Å². The van der Waals surface area contributed by atoms with E-state index in [1.54, 1.807) is 0 Å². The van der Waals surface area contributed by atoms with Crippen molar-refractivity contribution >= 4 is 15.6 Å². The maximum Gasteiger partial charge on any atom is 0.264 e. The maximum absolute atomic E-state index is 9.36. The van der Waals surface area contributed by atoms with Crippen LogP contribution in [0.25, 0.3) is 0 Å². The van der Waals surface area contributed by atoms with Crippen LogP contribution >= 0.6 is 15.6 Å². The molecule has 8 nitrogen and oxygen atoms in total. The van der Waals surface area contributed by atoms with Gasteiger partial charge in [-0.3, -0.25) is 9.13 Å². The van der Waals surface area contributed by atoms with E-state index in [1.807, 2.05) is 0 Å². The lowest BCUT2D eigenvalue weighted by molar-refractivity contribution is -0.218. The molecule has 0 rings (SSSR count). The van der Waals surface area contributed by atoms with Gasteiger partial charge in [-0.25, -0.2) is 0 Å². The first-order chi connectivity index (χ1) is 5.12. The van der Waals surface area contributed by atoms with Crippen molar-refractivity contribution in [3.8, 4) is 0 Å². The van der Waals surface area contributed by atoms with E-state index in [0.29, 0.717) is 0 Å². The summed E-state index contributed by atoms with van der Waals surface area (Å²) in [5, 5.41) is 0. The van der Waals surface area contributed by atoms with Crippen molar-refractivity contribution in [2.24, 2.45) is 0 Å². The van der Waals surface area contributed by atoms with Crippen LogP contribution in [0.5, 0.6) is 0 Å². The highest BCUT2D eigenvalue weighted by atomic mass is 31.2. The van der Waals surface area contributed by atoms with Gasteiger partial charge in [0.25, 0.3) is 15.6 Å². The fourth-order valence-electron chi connectivity index (χ4n) is 0. The fraction of sp³-hybridized carbons (Fsp3) is 1.00. The van der Waals surface area contributed by atoms with Crippen LogP contribution in [-0.4, -0.2) is 24.0 Å². The molecule has 13 heavy (non-hydrogen) atoms. The Hall–Kier alpha value is 0.220. The molecule has 0 aliphatic rings. The molecule has 0 fully saturated rings. The summed E-state index contributed by atoms with van der Waals surface area (Å²) in [6, 6.07) is 0. The van der Waals surface area contributed by atoms with Crippen molar-refractivity contribution in [2.75, 3.05) is 14.2 Å². The molecule has 2 unspecified atom stereocenters. The van der Waals surface area contributed by atoms with E-state index in [9.17, 15) is 18.9 Å². The number of phosphoric acid groups is 2. The summed E-state index contributed by atoms with van der Waals surface area (Å²) < 4.78 is 25.7. The summed E-state index contributed by atoms with van der Waals surface area (Å²) in [6.45, 7) is 0. The van der Waals surface area contributed by atoms with Gasteiger partial charge in [-0.2, -0.15) is 0 Å². The Balaban J connectivity index is -0.000000143. The number of phosphoric ester groups is 2. The molecule has 0 aliphatic carbocycles. The maximum atomic E-state index is 9.36. The molecule has 2 atom stereocenters. The molecule has 0 saturated carbocycles. The normalized spacial score (nSPS) is 18.3. The first-order valence-electron chi connectivity index (χ1n) is 2.31. The van der Waals surface area contributed by atoms with E-state index in [2.05, 4.69) is 9.05 Å². The molecular weight excluding hydrogens is 226 g/mol. The molecule has 84 valence electrons. The van der Waals surface area contributed by atoms with Crippen LogP contribution in [0.2, 0.25) is 0 Å². The van der Waals surface area contributed by atoms with Crippen LogP contribution < -0.4 is 9.79 Å². The van der Waals surface area contributed by atoms with Gasteiger partial charge in [0.05, 0.1) is 0 Å². The van der Waals surface area contributed by atoms with E-state index in [0.717, 1.165) is 14.2 Å². The average molecular weight is 238 g/mol. The highest BCUT2D eigenvalue weighted by Crippen LogP contribution is 2.27. The Morgan fingerprint density at radius 1 is 1.00 bits per heavy atom. The second-order valence-corrected chi connectivity index (χ2v) is 3.91. The second kappa shape index (κ2) is 7.61. The topological polar surface area (TPSA) is 139 Å². The number of rotatable bonds is 2. The lowest BCUT2D eigenvalue weighted by Crippen LogP contribution is -1.99. The van der Waals surface area contributed by atoms with E-state index in [4.69, 9.17) is 9.79 Å². The minimum Gasteiger partial charge on any atom is -0.756 e. The van der Waals surface area contributed by atoms with Crippen LogP contribution in [0.3, 0.4) is 0 Å². The van der Waals surface area contributed by atoms with E-state index in [1.165, 1.54) is 0 Å². The molecule has 2 N–H and O–H groups in total. The van der Waals surface area contributed by atoms with Crippen molar-refractivity contribution in [1.29, 1.82) is 0 Å². The largest absolute Gasteiger partial charge is 0.756 e. The molecule has 0 bridgehead atoms. The molecular formula is C3H12O8P2-2. The highest BCUT2D eigenvalue weighted by molar-refractivity contribution is 7.44. The molecule has 0 aromatic carbocycles. The summed E-state index contributed by atoms with van der Waals surface area (Å²) in [6.07, 6.45) is 0. The van der Waals surface area contributed by atoms with Crippen LogP contribution in [0.1, 0.15) is 7.43 Å². The highest BCUT2D eigenvalue weighted by Gasteiger charge is 1.91. The smallest absolute Gasteiger partial charge is 0.264 e. The number of hydrogen-bond donors (Lipinski definition) is 2. The first kappa shape index (κ1) is 18.9. The van der Waals surface area contributed by atoms with Gasteiger partial charge in [0, 0.05) is 14.2 Å². The minimum atomic E-state index is -4.40. The van der Waals surface area contributed by atoms with Crippen LogP contribution in [0.15, 0.2) is 0 Å². The van der Waals surface area contributed by atoms with Gasteiger partial charge < -0.3 is 28.6 Å². The standard InChI is InChI=1S/2CH5O4P.CH4/c2*1-5-6(2,3)4;/h2*1H3,(H2,2,3,4);1H4/p-2. The van der Waals surface area contributed by atoms with E-state index < -0.39 is 15.6 Å². The van der Waals surface area contributed by atoms with Gasteiger partial charge in [0.15, 0.2) is 0 Å². The van der Waals surface area contributed by atoms with Crippen LogP contribution in [0.4, 0.5) is 0 Å². The zero-order chi connectivity index (χ0) is 10.4. The lowest BCUT2D eigenvalue weighted by Gasteiger charge is -2.09. The monoisotopic (exact) mass is 238 g/mol. The predicted molar refractivity (Wildman–Crippen MR) is 40.4 cm³/mol. The Morgan fingerprint density at radius 3 is 1.08 bits per heavy atom. The average Bonchev–Trinajstić information content (AvgIpc) is 1.86. The molecule has 0 heterocycles. The van der Waals surface area contributed by atoms with Crippen LogP contribution in [-0.2, 0) is 18.2 Å². The number of hydrogen-bond acceptors (Lipinski definition) is 6. The molecule has 0 radical (unpaired) electrons. The predicted octanol–water partition coefficient (Wildman–Crippen LogP) is -1.18. The third-order valence-corrected chi connectivity index (χ3v) is 1.38. The van der Waals surface area contributed by atoms with Crippen molar-refractivity contribution in [3.05, 3.63) is 0 Å². The third kappa shape index (κ3) is 33.0. The summed E-state index contributed by atoms with van der Waals surface area (Å²) >= 11 is 0. The molecule has 0 aromatic heterocycles. The van der Waals surface area contributed by atoms with Gasteiger partial charge in [0.2, 0.25) is 0 Å². The SMILES string of the molecule is C.COP(=O)([O-])O.COP(=O)([O-])O. The van der Waals surface area contributed by atoms with Crippen LogP contribution in [0, 0.1) is 0 Å². The summed E-state index contributed by atoms with van der Waals surface area (Å²) in [5.41, 5.74) is 0. The Bertz CT molecular complexity index is 168. The zero-order valence-electron chi connectivity index (χ0n) is 6.24. The van der Waals surface area contributed by atoms with Gasteiger partial charge >= 0.3 is 0 Å². The summed E-state index contributed by atoms with van der Waals surface area (Å²) in [7, 11) is -7.03. The molecule has 0 aliphatic heterocycles. The molecule has 0 aromatic rings. The quantitative estimate of drug-likeness (QED) is 0.573. The van der Waals surface area contributed by atoms with E-state index in [-0.39, 0.29) is 7.43 Å². The Kier molecular flexibility index (Phi) is 11.1. The minimum absolute atomic E-state index is 0. The molecule has 0 spiro atoms. The summed E-state index contributed by atoms with van der Waals surface area (Å²) in [5.74, 6) is 0. The van der Waals surface area contributed by atoms with Gasteiger partial charge in [-0.05, 0) is 0 Å². The van der Waals surface area contributed by atoms with Crippen molar-refractivity contribution < 1.29 is 37.8 Å². The van der Waals surface area contributed by atoms with Crippen molar-refractivity contribution in [2.45, 2.75) is 7.43 Å². The van der Waals surface area contributed by atoms with Gasteiger partial charge in [-0.15, -0.1) is 0 Å². The zero-order valence-corrected chi connectivity index (χ0v) is 8.03. The first-order valence-corrected chi connectivity index (χ1v) is 5.30. The summed E-state index contributed by atoms with van der Waals surface area (Å²) in [4.78, 5) is 33.9. The molecule has 10 heteroatoms. The van der Waals surface area contributed by atoms with E-state index >= 15 is 0 Å². The third-order valence-electron chi connectivity index (χ3n) is 0.461.